The van der Waals surface area contributed by atoms with E-state index in [0.717, 1.165) is 24.3 Å². The maximum Gasteiger partial charge on any atom is 0.128 e. The van der Waals surface area contributed by atoms with Crippen molar-refractivity contribution in [3.8, 4) is 5.75 Å². The molecule has 1 aromatic rings. The lowest BCUT2D eigenvalue weighted by Crippen LogP contribution is -2.52. The summed E-state index contributed by atoms with van der Waals surface area (Å²) in [6.45, 7) is 8.30. The Morgan fingerprint density at radius 1 is 1.32 bits per heavy atom. The molecule has 3 atom stereocenters. The number of benzene rings is 1. The summed E-state index contributed by atoms with van der Waals surface area (Å²) in [5.41, 5.74) is 2.18. The monoisotopic (exact) mass is 303 g/mol. The predicted molar refractivity (Wildman–Crippen MR) is 89.4 cm³/mol. The molecule has 1 saturated heterocycles. The second-order valence-corrected chi connectivity index (χ2v) is 7.04. The van der Waals surface area contributed by atoms with Crippen LogP contribution in [0, 0.1) is 0 Å². The first-order chi connectivity index (χ1) is 10.6. The van der Waals surface area contributed by atoms with Crippen molar-refractivity contribution in [2.24, 2.45) is 0 Å². The van der Waals surface area contributed by atoms with E-state index in [0.29, 0.717) is 18.6 Å². The van der Waals surface area contributed by atoms with Gasteiger partial charge in [0.25, 0.3) is 0 Å². The second-order valence-electron chi connectivity index (χ2n) is 7.04. The first-order valence-corrected chi connectivity index (χ1v) is 8.82. The van der Waals surface area contributed by atoms with Crippen LogP contribution >= 0.6 is 0 Å². The molecule has 0 bridgehead atoms. The fourth-order valence-corrected chi connectivity index (χ4v) is 4.07. The highest BCUT2D eigenvalue weighted by Crippen LogP contribution is 2.40. The molecule has 0 aliphatic carbocycles. The van der Waals surface area contributed by atoms with Crippen LogP contribution in [0.25, 0.3) is 0 Å². The van der Waals surface area contributed by atoms with Gasteiger partial charge in [-0.1, -0.05) is 45.4 Å². The number of hydrogen-bond acceptors (Lipinski definition) is 3. The molecule has 122 valence electrons. The molecular weight excluding hydrogens is 274 g/mol. The van der Waals surface area contributed by atoms with E-state index >= 15 is 0 Å². The Bertz CT molecular complexity index is 514. The van der Waals surface area contributed by atoms with Crippen molar-refractivity contribution in [1.29, 1.82) is 0 Å². The zero-order valence-electron chi connectivity index (χ0n) is 14.1. The van der Waals surface area contributed by atoms with E-state index < -0.39 is 6.10 Å². The highest BCUT2D eigenvalue weighted by Gasteiger charge is 2.38. The van der Waals surface area contributed by atoms with E-state index in [4.69, 9.17) is 4.74 Å². The van der Waals surface area contributed by atoms with Gasteiger partial charge in [-0.15, -0.1) is 0 Å². The molecule has 1 aromatic carbocycles. The third-order valence-electron chi connectivity index (χ3n) is 5.35. The van der Waals surface area contributed by atoms with E-state index in [1.807, 2.05) is 6.07 Å². The normalized spacial score (nSPS) is 29.2. The van der Waals surface area contributed by atoms with Crippen molar-refractivity contribution >= 4 is 0 Å². The summed E-state index contributed by atoms with van der Waals surface area (Å²) in [5, 5.41) is 11.0. The molecule has 0 aromatic heterocycles. The van der Waals surface area contributed by atoms with Gasteiger partial charge >= 0.3 is 0 Å². The Labute approximate surface area is 134 Å². The lowest BCUT2D eigenvalue weighted by molar-refractivity contribution is -0.0297. The van der Waals surface area contributed by atoms with Crippen molar-refractivity contribution in [3.63, 3.8) is 0 Å². The number of rotatable bonds is 3. The van der Waals surface area contributed by atoms with Crippen LogP contribution in [0.1, 0.15) is 69.6 Å². The molecule has 0 amide bonds. The summed E-state index contributed by atoms with van der Waals surface area (Å²) in [6.07, 6.45) is 4.51. The van der Waals surface area contributed by atoms with Crippen molar-refractivity contribution in [2.45, 2.75) is 70.6 Å². The fraction of sp³-hybridized carbons (Fsp3) is 0.684. The van der Waals surface area contributed by atoms with Crippen LogP contribution in [0.2, 0.25) is 0 Å². The lowest BCUT2D eigenvalue weighted by atomic mass is 9.89. The molecule has 3 heteroatoms. The van der Waals surface area contributed by atoms with Gasteiger partial charge in [0, 0.05) is 11.6 Å². The number of piperidine rings is 1. The van der Waals surface area contributed by atoms with Gasteiger partial charge in [-0.3, -0.25) is 4.90 Å². The summed E-state index contributed by atoms with van der Waals surface area (Å²) in [5.74, 6) is 1.34. The zero-order chi connectivity index (χ0) is 15.7. The fourth-order valence-electron chi connectivity index (χ4n) is 4.07. The van der Waals surface area contributed by atoms with Crippen LogP contribution < -0.4 is 4.74 Å². The Hall–Kier alpha value is -1.06. The van der Waals surface area contributed by atoms with Crippen LogP contribution in [-0.2, 0) is 0 Å². The number of para-hydroxylation sites is 1. The maximum absolute atomic E-state index is 11.0. The molecule has 0 radical (unpaired) electrons. The third kappa shape index (κ3) is 2.77. The minimum Gasteiger partial charge on any atom is -0.491 e. The Morgan fingerprint density at radius 3 is 2.86 bits per heavy atom. The van der Waals surface area contributed by atoms with Gasteiger partial charge in [0.1, 0.15) is 18.5 Å². The molecule has 22 heavy (non-hydrogen) atoms. The molecule has 0 saturated carbocycles. The molecule has 1 fully saturated rings. The first-order valence-electron chi connectivity index (χ1n) is 8.82. The van der Waals surface area contributed by atoms with Crippen molar-refractivity contribution in [1.82, 2.24) is 4.90 Å². The largest absolute Gasteiger partial charge is 0.491 e. The van der Waals surface area contributed by atoms with Gasteiger partial charge in [0.2, 0.25) is 0 Å². The number of nitrogens with zero attached hydrogens (tertiary/aromatic N) is 1. The summed E-state index contributed by atoms with van der Waals surface area (Å²) < 4.78 is 6.14. The van der Waals surface area contributed by atoms with E-state index in [1.165, 1.54) is 24.8 Å². The number of hydrogen-bond donors (Lipinski definition) is 1. The number of likely N-dealkylation sites (tertiary alicyclic amines) is 1. The molecule has 1 N–H and O–H groups in total. The van der Waals surface area contributed by atoms with Crippen LogP contribution in [0.3, 0.4) is 0 Å². The molecule has 3 nitrogen and oxygen atoms in total. The van der Waals surface area contributed by atoms with Gasteiger partial charge in [0.05, 0.1) is 6.04 Å². The van der Waals surface area contributed by atoms with Gasteiger partial charge < -0.3 is 9.84 Å². The predicted octanol–water partition coefficient (Wildman–Crippen LogP) is 3.87. The smallest absolute Gasteiger partial charge is 0.128 e. The van der Waals surface area contributed by atoms with E-state index in [2.05, 4.69) is 37.8 Å². The average Bonchev–Trinajstić information content (AvgIpc) is 2.55. The summed E-state index contributed by atoms with van der Waals surface area (Å²) in [7, 11) is 0. The minimum atomic E-state index is -0.436. The minimum absolute atomic E-state index is 0.0974. The summed E-state index contributed by atoms with van der Waals surface area (Å²) >= 11 is 0. The molecule has 2 aliphatic rings. The van der Waals surface area contributed by atoms with Crippen LogP contribution in [-0.4, -0.2) is 35.2 Å². The Morgan fingerprint density at radius 2 is 2.14 bits per heavy atom. The van der Waals surface area contributed by atoms with Crippen LogP contribution in [0.4, 0.5) is 0 Å². The molecular formula is C19H29NO2. The number of aliphatic hydroxyl groups excluding tert-OH is 1. The van der Waals surface area contributed by atoms with Gasteiger partial charge in [-0.05, 0) is 37.3 Å². The molecule has 3 unspecified atom stereocenters. The third-order valence-corrected chi connectivity index (χ3v) is 5.35. The van der Waals surface area contributed by atoms with E-state index in [-0.39, 0.29) is 6.04 Å². The molecule has 2 aliphatic heterocycles. The SMILES string of the molecule is CCC1CCCCN1C1COc2c(C(C)C)cccc2C1O. The molecule has 3 rings (SSSR count). The highest BCUT2D eigenvalue weighted by atomic mass is 16.5. The number of ether oxygens (including phenoxy) is 1. The maximum atomic E-state index is 11.0. The Kier molecular flexibility index (Phi) is 4.74. The van der Waals surface area contributed by atoms with Gasteiger partial charge in [-0.2, -0.15) is 0 Å². The molecule has 2 heterocycles. The summed E-state index contributed by atoms with van der Waals surface area (Å²) in [6, 6.07) is 6.89. The van der Waals surface area contributed by atoms with E-state index in [9.17, 15) is 5.11 Å². The van der Waals surface area contributed by atoms with Crippen molar-refractivity contribution < 1.29 is 9.84 Å². The number of fused-ring (bicyclic) bond motifs is 1. The van der Waals surface area contributed by atoms with Gasteiger partial charge in [0.15, 0.2) is 0 Å². The summed E-state index contributed by atoms with van der Waals surface area (Å²) in [4.78, 5) is 2.50. The zero-order valence-corrected chi connectivity index (χ0v) is 14.1. The number of aliphatic hydroxyl groups is 1. The van der Waals surface area contributed by atoms with Gasteiger partial charge in [-0.25, -0.2) is 0 Å². The quantitative estimate of drug-likeness (QED) is 0.920. The van der Waals surface area contributed by atoms with Crippen LogP contribution in [0.5, 0.6) is 5.75 Å². The van der Waals surface area contributed by atoms with E-state index in [1.54, 1.807) is 0 Å². The van der Waals surface area contributed by atoms with Crippen molar-refractivity contribution in [2.75, 3.05) is 13.2 Å². The van der Waals surface area contributed by atoms with Crippen LogP contribution in [0.15, 0.2) is 18.2 Å². The average molecular weight is 303 g/mol. The standard InChI is InChI=1S/C19H29NO2/c1-4-14-8-5-6-11-20(14)17-12-22-19-15(13(2)3)9-7-10-16(19)18(17)21/h7,9-10,13-14,17-18,21H,4-6,8,11-12H2,1-3H3. The molecule has 0 spiro atoms. The van der Waals surface area contributed by atoms with Crippen molar-refractivity contribution in [3.05, 3.63) is 29.3 Å². The topological polar surface area (TPSA) is 32.7 Å². The lowest BCUT2D eigenvalue weighted by Gasteiger charge is -2.45. The highest BCUT2D eigenvalue weighted by molar-refractivity contribution is 5.46. The second kappa shape index (κ2) is 6.59. The Balaban J connectivity index is 1.88. The first kappa shape index (κ1) is 15.8.